The number of amides is 3. The van der Waals surface area contributed by atoms with Crippen molar-refractivity contribution < 1.29 is 18.8 Å². The third kappa shape index (κ3) is 4.28. The average molecular weight is 399 g/mol. The summed E-state index contributed by atoms with van der Waals surface area (Å²) >= 11 is 0.792. The quantitative estimate of drug-likeness (QED) is 0.773. The predicted molar refractivity (Wildman–Crippen MR) is 110 cm³/mol. The number of benzene rings is 1. The molecule has 8 heteroatoms. The monoisotopic (exact) mass is 399 g/mol. The molecule has 0 saturated carbocycles. The Hall–Kier alpha value is -3.00. The fourth-order valence-corrected chi connectivity index (χ4v) is 3.41. The molecule has 1 aromatic carbocycles. The van der Waals surface area contributed by atoms with Gasteiger partial charge in [-0.15, -0.1) is 0 Å². The number of imide groups is 1. The number of nitrogens with zero attached hydrogens (tertiary/aromatic N) is 2. The SMILES string of the molecule is Cc1ccc(NC(=O)CN2C(=O)S/C(=C/c3ccc(N(C)C)o3)C2=O)cc1C. The average Bonchev–Trinajstić information content (AvgIpc) is 3.19. The van der Waals surface area contributed by atoms with E-state index in [0.29, 0.717) is 17.3 Å². The van der Waals surface area contributed by atoms with Gasteiger partial charge in [0.05, 0.1) is 4.91 Å². The van der Waals surface area contributed by atoms with E-state index in [0.717, 1.165) is 27.8 Å². The van der Waals surface area contributed by atoms with Gasteiger partial charge in [0.15, 0.2) is 5.88 Å². The highest BCUT2D eigenvalue weighted by Crippen LogP contribution is 2.33. The topological polar surface area (TPSA) is 82.9 Å². The van der Waals surface area contributed by atoms with Crippen LogP contribution in [0.25, 0.3) is 6.08 Å². The van der Waals surface area contributed by atoms with E-state index in [2.05, 4.69) is 5.32 Å². The molecule has 1 aliphatic heterocycles. The third-order valence-electron chi connectivity index (χ3n) is 4.29. The Kier molecular flexibility index (Phi) is 5.60. The molecule has 1 N–H and O–H groups in total. The lowest BCUT2D eigenvalue weighted by Crippen LogP contribution is -2.36. The van der Waals surface area contributed by atoms with Crippen molar-refractivity contribution in [1.29, 1.82) is 0 Å². The van der Waals surface area contributed by atoms with Crippen LogP contribution in [0.3, 0.4) is 0 Å². The second-order valence-corrected chi connectivity index (χ2v) is 7.68. The van der Waals surface area contributed by atoms with E-state index in [9.17, 15) is 14.4 Å². The summed E-state index contributed by atoms with van der Waals surface area (Å²) in [5.74, 6) is 0.166. The van der Waals surface area contributed by atoms with Crippen LogP contribution in [0, 0.1) is 13.8 Å². The molecule has 3 amide bonds. The highest BCUT2D eigenvalue weighted by atomic mass is 32.2. The summed E-state index contributed by atoms with van der Waals surface area (Å²) in [7, 11) is 3.68. The van der Waals surface area contributed by atoms with E-state index < -0.39 is 17.1 Å². The van der Waals surface area contributed by atoms with Crippen LogP contribution in [-0.2, 0) is 9.59 Å². The van der Waals surface area contributed by atoms with Gasteiger partial charge >= 0.3 is 0 Å². The molecule has 28 heavy (non-hydrogen) atoms. The Morgan fingerprint density at radius 3 is 2.57 bits per heavy atom. The Morgan fingerprint density at radius 1 is 1.18 bits per heavy atom. The molecule has 1 fully saturated rings. The molecule has 0 atom stereocenters. The minimum atomic E-state index is -0.506. The summed E-state index contributed by atoms with van der Waals surface area (Å²) in [5.41, 5.74) is 2.79. The Labute approximate surface area is 167 Å². The van der Waals surface area contributed by atoms with Crippen molar-refractivity contribution in [3.05, 3.63) is 52.1 Å². The molecule has 2 aromatic rings. The predicted octanol–water partition coefficient (Wildman–Crippen LogP) is 3.64. The summed E-state index contributed by atoms with van der Waals surface area (Å²) < 4.78 is 5.58. The molecule has 0 aliphatic carbocycles. The first-order valence-corrected chi connectivity index (χ1v) is 9.46. The van der Waals surface area contributed by atoms with Crippen molar-refractivity contribution in [2.45, 2.75) is 13.8 Å². The molecule has 0 spiro atoms. The standard InChI is InChI=1S/C20H21N3O4S/c1-12-5-6-14(9-13(12)2)21-17(24)11-23-19(25)16(28-20(23)26)10-15-7-8-18(27-15)22(3)4/h5-10H,11H2,1-4H3,(H,21,24)/b16-10+. The van der Waals surface area contributed by atoms with Crippen LogP contribution < -0.4 is 10.2 Å². The number of thioether (sulfide) groups is 1. The first kappa shape index (κ1) is 19.8. The maximum atomic E-state index is 12.5. The van der Waals surface area contributed by atoms with Gasteiger partial charge in [0.2, 0.25) is 5.91 Å². The number of carbonyl (C=O) groups is 3. The van der Waals surface area contributed by atoms with Gasteiger partial charge in [-0.2, -0.15) is 0 Å². The Morgan fingerprint density at radius 2 is 1.93 bits per heavy atom. The van der Waals surface area contributed by atoms with Crippen LogP contribution in [0.5, 0.6) is 0 Å². The number of hydrogen-bond acceptors (Lipinski definition) is 6. The van der Waals surface area contributed by atoms with E-state index in [-0.39, 0.29) is 11.4 Å². The van der Waals surface area contributed by atoms with Gasteiger partial charge in [-0.05, 0) is 54.9 Å². The Bertz CT molecular complexity index is 978. The zero-order valence-corrected chi connectivity index (χ0v) is 16.9. The highest BCUT2D eigenvalue weighted by molar-refractivity contribution is 8.18. The summed E-state index contributed by atoms with van der Waals surface area (Å²) in [5, 5.41) is 2.24. The van der Waals surface area contributed by atoms with Gasteiger partial charge in [0.25, 0.3) is 11.1 Å². The summed E-state index contributed by atoms with van der Waals surface area (Å²) in [6.07, 6.45) is 1.51. The molecule has 1 aromatic heterocycles. The molecular formula is C20H21N3O4S. The van der Waals surface area contributed by atoms with Gasteiger partial charge in [-0.1, -0.05) is 6.07 Å². The van der Waals surface area contributed by atoms with Gasteiger partial charge in [0.1, 0.15) is 12.3 Å². The molecule has 146 valence electrons. The van der Waals surface area contributed by atoms with Gasteiger partial charge in [-0.25, -0.2) is 0 Å². The van der Waals surface area contributed by atoms with Crippen LogP contribution in [0.1, 0.15) is 16.9 Å². The smallest absolute Gasteiger partial charge is 0.294 e. The van der Waals surface area contributed by atoms with Crippen LogP contribution in [0.4, 0.5) is 16.4 Å². The lowest BCUT2D eigenvalue weighted by atomic mass is 10.1. The van der Waals surface area contributed by atoms with Gasteiger partial charge < -0.3 is 14.6 Å². The van der Waals surface area contributed by atoms with Crippen LogP contribution in [-0.4, -0.2) is 42.6 Å². The largest absolute Gasteiger partial charge is 0.441 e. The van der Waals surface area contributed by atoms with Crippen molar-refractivity contribution in [3.8, 4) is 0 Å². The highest BCUT2D eigenvalue weighted by Gasteiger charge is 2.36. The van der Waals surface area contributed by atoms with Crippen LogP contribution in [0.15, 0.2) is 39.7 Å². The van der Waals surface area contributed by atoms with Crippen LogP contribution >= 0.6 is 11.8 Å². The molecule has 0 radical (unpaired) electrons. The van der Waals surface area contributed by atoms with Gasteiger partial charge in [-0.3, -0.25) is 19.3 Å². The molecule has 2 heterocycles. The zero-order valence-electron chi connectivity index (χ0n) is 16.1. The molecular weight excluding hydrogens is 378 g/mol. The number of hydrogen-bond donors (Lipinski definition) is 1. The van der Waals surface area contributed by atoms with E-state index >= 15 is 0 Å². The molecule has 1 saturated heterocycles. The van der Waals surface area contributed by atoms with E-state index in [1.165, 1.54) is 6.08 Å². The lowest BCUT2D eigenvalue weighted by Gasteiger charge is -2.13. The molecule has 0 unspecified atom stereocenters. The fourth-order valence-electron chi connectivity index (χ4n) is 2.59. The second kappa shape index (κ2) is 7.93. The maximum Gasteiger partial charge on any atom is 0.294 e. The third-order valence-corrected chi connectivity index (χ3v) is 5.20. The number of carbonyl (C=O) groups excluding carboxylic acids is 3. The normalized spacial score (nSPS) is 15.4. The minimum Gasteiger partial charge on any atom is -0.441 e. The Balaban J connectivity index is 1.68. The van der Waals surface area contributed by atoms with Gasteiger partial charge in [0, 0.05) is 31.9 Å². The van der Waals surface area contributed by atoms with E-state index in [1.807, 2.05) is 40.1 Å². The van der Waals surface area contributed by atoms with Crippen LogP contribution in [0.2, 0.25) is 0 Å². The van der Waals surface area contributed by atoms with Crippen molar-refractivity contribution >= 4 is 46.5 Å². The summed E-state index contributed by atoms with van der Waals surface area (Å²) in [6.45, 7) is 3.59. The van der Waals surface area contributed by atoms with E-state index in [4.69, 9.17) is 4.42 Å². The van der Waals surface area contributed by atoms with E-state index in [1.54, 1.807) is 23.1 Å². The number of furan rings is 1. The molecule has 7 nitrogen and oxygen atoms in total. The fraction of sp³-hybridized carbons (Fsp3) is 0.250. The number of nitrogens with one attached hydrogen (secondary N) is 1. The maximum absolute atomic E-state index is 12.5. The summed E-state index contributed by atoms with van der Waals surface area (Å²) in [4.78, 5) is 40.0. The molecule has 3 rings (SSSR count). The number of rotatable bonds is 5. The second-order valence-electron chi connectivity index (χ2n) is 6.69. The van der Waals surface area contributed by atoms with Crippen molar-refractivity contribution in [2.75, 3.05) is 30.9 Å². The lowest BCUT2D eigenvalue weighted by molar-refractivity contribution is -0.127. The van der Waals surface area contributed by atoms with Crippen molar-refractivity contribution in [1.82, 2.24) is 4.90 Å². The molecule has 0 bridgehead atoms. The van der Waals surface area contributed by atoms with Crippen molar-refractivity contribution in [2.24, 2.45) is 0 Å². The number of aryl methyl sites for hydroxylation is 2. The number of anilines is 2. The summed E-state index contributed by atoms with van der Waals surface area (Å²) in [6, 6.07) is 9.02. The molecule has 1 aliphatic rings. The van der Waals surface area contributed by atoms with Crippen molar-refractivity contribution in [3.63, 3.8) is 0 Å². The zero-order chi connectivity index (χ0) is 20.4. The first-order chi connectivity index (χ1) is 13.2. The first-order valence-electron chi connectivity index (χ1n) is 8.64. The minimum absolute atomic E-state index is 0.226.